The van der Waals surface area contributed by atoms with Gasteiger partial charge in [-0.1, -0.05) is 30.3 Å². The molecule has 1 saturated heterocycles. The Hall–Kier alpha value is -3.16. The second kappa shape index (κ2) is 10.4. The van der Waals surface area contributed by atoms with Crippen LogP contribution in [0.15, 0.2) is 69.9 Å². The highest BCUT2D eigenvalue weighted by atomic mass is 16.5. The summed E-state index contributed by atoms with van der Waals surface area (Å²) in [5.41, 5.74) is 1.09. The lowest BCUT2D eigenvalue weighted by atomic mass is 10.1. The molecule has 1 amide bonds. The summed E-state index contributed by atoms with van der Waals surface area (Å²) in [7, 11) is 0. The van der Waals surface area contributed by atoms with Crippen molar-refractivity contribution in [1.29, 1.82) is 0 Å². The van der Waals surface area contributed by atoms with Crippen molar-refractivity contribution < 1.29 is 18.7 Å². The minimum absolute atomic E-state index is 0.0130. The lowest BCUT2D eigenvalue weighted by Crippen LogP contribution is -2.49. The molecule has 0 N–H and O–H groups in total. The van der Waals surface area contributed by atoms with Gasteiger partial charge in [0.15, 0.2) is 6.61 Å². The summed E-state index contributed by atoms with van der Waals surface area (Å²) in [5, 5.41) is 0.799. The first-order chi connectivity index (χ1) is 15.6. The molecule has 32 heavy (non-hydrogen) atoms. The van der Waals surface area contributed by atoms with Crippen LogP contribution in [0.2, 0.25) is 0 Å². The summed E-state index contributed by atoms with van der Waals surface area (Å²) in [6.07, 6.45) is 0. The Morgan fingerprint density at radius 2 is 1.84 bits per heavy atom. The fraction of sp³-hybridized carbons (Fsp3) is 0.360. The molecule has 2 heterocycles. The van der Waals surface area contributed by atoms with Crippen molar-refractivity contribution in [2.75, 3.05) is 39.5 Å². The maximum absolute atomic E-state index is 13.2. The molecule has 2 aromatic carbocycles. The number of ether oxygens (including phenoxy) is 2. The highest BCUT2D eigenvalue weighted by Crippen LogP contribution is 2.20. The molecule has 1 atom stereocenters. The molecule has 0 spiro atoms. The Morgan fingerprint density at radius 3 is 2.62 bits per heavy atom. The summed E-state index contributed by atoms with van der Waals surface area (Å²) >= 11 is 0. The molecule has 1 unspecified atom stereocenters. The Morgan fingerprint density at radius 1 is 1.09 bits per heavy atom. The summed E-state index contributed by atoms with van der Waals surface area (Å²) in [6, 6.07) is 18.3. The van der Waals surface area contributed by atoms with Crippen LogP contribution < -0.4 is 10.4 Å². The fourth-order valence-electron chi connectivity index (χ4n) is 3.88. The van der Waals surface area contributed by atoms with Gasteiger partial charge in [-0.15, -0.1) is 0 Å². The number of benzene rings is 2. The van der Waals surface area contributed by atoms with Crippen LogP contribution in [0.3, 0.4) is 0 Å². The zero-order chi connectivity index (χ0) is 22.3. The number of hydrogen-bond acceptors (Lipinski definition) is 6. The van der Waals surface area contributed by atoms with Crippen molar-refractivity contribution in [3.05, 3.63) is 76.6 Å². The number of carbonyl (C=O) groups excluding carboxylic acids is 1. The fourth-order valence-corrected chi connectivity index (χ4v) is 3.88. The first-order valence-electron chi connectivity index (χ1n) is 10.9. The number of hydrogen-bond donors (Lipinski definition) is 0. The Labute approximate surface area is 187 Å². The first kappa shape index (κ1) is 22.0. The average Bonchev–Trinajstić information content (AvgIpc) is 2.82. The van der Waals surface area contributed by atoms with E-state index in [0.29, 0.717) is 17.9 Å². The van der Waals surface area contributed by atoms with E-state index in [2.05, 4.69) is 11.8 Å². The van der Waals surface area contributed by atoms with Crippen molar-refractivity contribution in [2.24, 2.45) is 0 Å². The van der Waals surface area contributed by atoms with Crippen LogP contribution in [0.25, 0.3) is 11.0 Å². The van der Waals surface area contributed by atoms with Crippen LogP contribution in [0.4, 0.5) is 0 Å². The normalized spacial score (nSPS) is 15.4. The highest BCUT2D eigenvalue weighted by Gasteiger charge is 2.24. The predicted molar refractivity (Wildman–Crippen MR) is 122 cm³/mol. The van der Waals surface area contributed by atoms with Crippen LogP contribution in [0.1, 0.15) is 12.5 Å². The zero-order valence-corrected chi connectivity index (χ0v) is 18.2. The van der Waals surface area contributed by atoms with Gasteiger partial charge in [-0.2, -0.15) is 0 Å². The molecular formula is C25H28N2O5. The van der Waals surface area contributed by atoms with Crippen molar-refractivity contribution >= 4 is 16.9 Å². The van der Waals surface area contributed by atoms with Gasteiger partial charge in [-0.3, -0.25) is 9.69 Å². The second-order valence-corrected chi connectivity index (χ2v) is 8.01. The van der Waals surface area contributed by atoms with E-state index in [0.717, 1.165) is 43.8 Å². The van der Waals surface area contributed by atoms with Crippen LogP contribution in [0, 0.1) is 0 Å². The monoisotopic (exact) mass is 436 g/mol. The molecular weight excluding hydrogens is 408 g/mol. The van der Waals surface area contributed by atoms with Crippen LogP contribution in [0.5, 0.6) is 5.75 Å². The Balaban J connectivity index is 1.45. The molecule has 1 fully saturated rings. The van der Waals surface area contributed by atoms with Gasteiger partial charge >= 0.3 is 5.63 Å². The molecule has 0 saturated carbocycles. The molecule has 0 radical (unpaired) electrons. The smallest absolute Gasteiger partial charge is 0.336 e. The van der Waals surface area contributed by atoms with Gasteiger partial charge in [0.05, 0.1) is 13.2 Å². The van der Waals surface area contributed by atoms with Crippen LogP contribution in [-0.2, 0) is 16.1 Å². The van der Waals surface area contributed by atoms with Crippen molar-refractivity contribution in [1.82, 2.24) is 9.80 Å². The third-order valence-corrected chi connectivity index (χ3v) is 5.63. The van der Waals surface area contributed by atoms with E-state index >= 15 is 0 Å². The van der Waals surface area contributed by atoms with E-state index in [1.807, 2.05) is 35.2 Å². The molecule has 1 aliphatic heterocycles. The minimum atomic E-state index is -0.420. The standard InChI is InChI=1S/C25H28N2O5/c1-19(16-26-11-13-30-14-12-26)27(17-20-5-3-2-4-6-20)24(28)18-31-22-9-7-21-8-10-25(29)32-23(21)15-22/h2-10,15,19H,11-14,16-18H2,1H3. The van der Waals surface area contributed by atoms with Gasteiger partial charge in [0, 0.05) is 49.7 Å². The summed E-state index contributed by atoms with van der Waals surface area (Å²) in [4.78, 5) is 28.9. The van der Waals surface area contributed by atoms with Crippen LogP contribution in [-0.4, -0.2) is 61.2 Å². The molecule has 168 valence electrons. The van der Waals surface area contributed by atoms with E-state index in [-0.39, 0.29) is 18.6 Å². The minimum Gasteiger partial charge on any atom is -0.484 e. The maximum Gasteiger partial charge on any atom is 0.336 e. The van der Waals surface area contributed by atoms with Gasteiger partial charge < -0.3 is 18.8 Å². The van der Waals surface area contributed by atoms with Gasteiger partial charge in [0.1, 0.15) is 11.3 Å². The quantitative estimate of drug-likeness (QED) is 0.506. The summed E-state index contributed by atoms with van der Waals surface area (Å²) in [6.45, 7) is 6.46. The second-order valence-electron chi connectivity index (χ2n) is 8.01. The molecule has 1 aliphatic rings. The van der Waals surface area contributed by atoms with Gasteiger partial charge in [0.25, 0.3) is 5.91 Å². The van der Waals surface area contributed by atoms with Gasteiger partial charge in [0.2, 0.25) is 0 Å². The van der Waals surface area contributed by atoms with Gasteiger partial charge in [-0.25, -0.2) is 4.79 Å². The van der Waals surface area contributed by atoms with Crippen molar-refractivity contribution in [3.8, 4) is 5.75 Å². The van der Waals surface area contributed by atoms with E-state index < -0.39 is 5.63 Å². The van der Waals surface area contributed by atoms with Crippen molar-refractivity contribution in [2.45, 2.75) is 19.5 Å². The summed E-state index contributed by atoms with van der Waals surface area (Å²) in [5.74, 6) is 0.393. The topological polar surface area (TPSA) is 72.2 Å². The lowest BCUT2D eigenvalue weighted by molar-refractivity contribution is -0.136. The Kier molecular flexibility index (Phi) is 7.19. The van der Waals surface area contributed by atoms with E-state index in [9.17, 15) is 9.59 Å². The summed E-state index contributed by atoms with van der Waals surface area (Å²) < 4.78 is 16.4. The number of amides is 1. The molecule has 0 bridgehead atoms. The van der Waals surface area contributed by atoms with Gasteiger partial charge in [-0.05, 0) is 30.7 Å². The van der Waals surface area contributed by atoms with E-state index in [1.54, 1.807) is 24.3 Å². The number of rotatable bonds is 8. The van der Waals surface area contributed by atoms with E-state index in [4.69, 9.17) is 13.9 Å². The average molecular weight is 437 g/mol. The highest BCUT2D eigenvalue weighted by molar-refractivity contribution is 5.79. The zero-order valence-electron chi connectivity index (χ0n) is 18.2. The molecule has 4 rings (SSSR count). The molecule has 1 aromatic heterocycles. The van der Waals surface area contributed by atoms with Crippen molar-refractivity contribution in [3.63, 3.8) is 0 Å². The molecule has 7 heteroatoms. The van der Waals surface area contributed by atoms with E-state index in [1.165, 1.54) is 6.07 Å². The SMILES string of the molecule is CC(CN1CCOCC1)N(Cc1ccccc1)C(=O)COc1ccc2ccc(=O)oc2c1. The Bertz CT molecular complexity index is 1090. The molecule has 0 aliphatic carbocycles. The number of carbonyl (C=O) groups is 1. The maximum atomic E-state index is 13.2. The molecule has 3 aromatic rings. The van der Waals surface area contributed by atoms with Crippen LogP contribution >= 0.6 is 0 Å². The predicted octanol–water partition coefficient (Wildman–Crippen LogP) is 2.92. The number of nitrogens with zero attached hydrogens (tertiary/aromatic N) is 2. The largest absolute Gasteiger partial charge is 0.484 e. The third-order valence-electron chi connectivity index (χ3n) is 5.63. The molecule has 7 nitrogen and oxygen atoms in total. The first-order valence-corrected chi connectivity index (χ1v) is 10.9. The third kappa shape index (κ3) is 5.75. The lowest BCUT2D eigenvalue weighted by Gasteiger charge is -2.35. The number of morpholine rings is 1. The number of fused-ring (bicyclic) bond motifs is 1.